The second kappa shape index (κ2) is 5.71. The van der Waals surface area contributed by atoms with Gasteiger partial charge in [0.05, 0.1) is 17.6 Å². The van der Waals surface area contributed by atoms with Crippen LogP contribution in [-0.2, 0) is 0 Å². The monoisotopic (exact) mass is 261 g/mol. The second-order valence-electron chi connectivity index (χ2n) is 4.27. The minimum Gasteiger partial charge on any atom is -0.343 e. The number of nitrogens with zero attached hydrogens (tertiary/aromatic N) is 4. The van der Waals surface area contributed by atoms with Crippen molar-refractivity contribution in [2.45, 2.75) is 6.92 Å². The molecule has 0 aliphatic heterocycles. The summed E-state index contributed by atoms with van der Waals surface area (Å²) in [4.78, 5) is 14.6. The first-order chi connectivity index (χ1) is 9.11. The Hall–Kier alpha value is -2.08. The summed E-state index contributed by atoms with van der Waals surface area (Å²) in [5.41, 5.74) is 7.73. The number of likely N-dealkylation sites (N-methyl/N-ethyl adjacent to an activating group) is 1. The van der Waals surface area contributed by atoms with Crippen LogP contribution in [0.4, 0.5) is 10.3 Å². The van der Waals surface area contributed by atoms with E-state index < -0.39 is 0 Å². The highest BCUT2D eigenvalue weighted by molar-refractivity contribution is 5.59. The predicted octanol–water partition coefficient (Wildman–Crippen LogP) is 1.38. The fourth-order valence-electron chi connectivity index (χ4n) is 1.69. The van der Waals surface area contributed by atoms with E-state index in [2.05, 4.69) is 15.0 Å². The highest BCUT2D eigenvalue weighted by Crippen LogP contribution is 2.20. The summed E-state index contributed by atoms with van der Waals surface area (Å²) in [6, 6.07) is 2.98. The molecule has 0 fully saturated rings. The Kier molecular flexibility index (Phi) is 4.01. The van der Waals surface area contributed by atoms with Crippen LogP contribution < -0.4 is 10.6 Å². The first-order valence-corrected chi connectivity index (χ1v) is 5.98. The maximum Gasteiger partial charge on any atom is 0.225 e. The summed E-state index contributed by atoms with van der Waals surface area (Å²) >= 11 is 0. The second-order valence-corrected chi connectivity index (χ2v) is 4.27. The lowest BCUT2D eigenvalue weighted by Gasteiger charge is -2.17. The summed E-state index contributed by atoms with van der Waals surface area (Å²) in [7, 11) is 1.87. The maximum absolute atomic E-state index is 12.9. The lowest BCUT2D eigenvalue weighted by atomic mass is 10.2. The molecule has 100 valence electrons. The average Bonchev–Trinajstić information content (AvgIpc) is 2.41. The van der Waals surface area contributed by atoms with E-state index in [1.165, 1.54) is 12.3 Å². The van der Waals surface area contributed by atoms with Crippen LogP contribution in [0.2, 0.25) is 0 Å². The Bertz CT molecular complexity index is 555. The van der Waals surface area contributed by atoms with Gasteiger partial charge in [0, 0.05) is 26.3 Å². The Morgan fingerprint density at radius 3 is 2.68 bits per heavy atom. The quantitative estimate of drug-likeness (QED) is 0.900. The maximum atomic E-state index is 12.9. The molecule has 0 radical (unpaired) electrons. The van der Waals surface area contributed by atoms with Gasteiger partial charge < -0.3 is 10.6 Å². The normalized spacial score (nSPS) is 10.5. The van der Waals surface area contributed by atoms with Crippen molar-refractivity contribution in [3.05, 3.63) is 35.9 Å². The van der Waals surface area contributed by atoms with Gasteiger partial charge in [-0.1, -0.05) is 0 Å². The van der Waals surface area contributed by atoms with Crippen molar-refractivity contribution in [3.8, 4) is 11.4 Å². The average molecular weight is 261 g/mol. The molecular formula is C13H16FN5. The molecule has 0 aliphatic rings. The zero-order valence-corrected chi connectivity index (χ0v) is 11.0. The standard InChI is InChI=1S/C13H16FN5/c1-9-7-17-13(19(2)6-5-15)18-12(9)11-4-3-10(14)8-16-11/h3-4,7-8H,5-6,15H2,1-2H3. The van der Waals surface area contributed by atoms with Crippen molar-refractivity contribution < 1.29 is 4.39 Å². The highest BCUT2D eigenvalue weighted by atomic mass is 19.1. The van der Waals surface area contributed by atoms with Gasteiger partial charge in [-0.15, -0.1) is 0 Å². The predicted molar refractivity (Wildman–Crippen MR) is 72.3 cm³/mol. The summed E-state index contributed by atoms with van der Waals surface area (Å²) in [5.74, 6) is 0.216. The molecule has 2 N–H and O–H groups in total. The molecule has 6 heteroatoms. The molecule has 0 unspecified atom stereocenters. The molecule has 2 aromatic rings. The molecular weight excluding hydrogens is 245 g/mol. The van der Waals surface area contributed by atoms with Crippen molar-refractivity contribution >= 4 is 5.95 Å². The number of aromatic nitrogens is 3. The molecule has 2 heterocycles. The molecule has 0 saturated carbocycles. The topological polar surface area (TPSA) is 67.9 Å². The van der Waals surface area contributed by atoms with Crippen LogP contribution in [0.15, 0.2) is 24.5 Å². The van der Waals surface area contributed by atoms with Crippen LogP contribution in [0.25, 0.3) is 11.4 Å². The fourth-order valence-corrected chi connectivity index (χ4v) is 1.69. The lowest BCUT2D eigenvalue weighted by Crippen LogP contribution is -2.26. The van der Waals surface area contributed by atoms with Gasteiger partial charge in [0.1, 0.15) is 5.82 Å². The molecule has 0 aliphatic carbocycles. The van der Waals surface area contributed by atoms with Gasteiger partial charge in [0.25, 0.3) is 0 Å². The van der Waals surface area contributed by atoms with Crippen LogP contribution >= 0.6 is 0 Å². The number of pyridine rings is 1. The van der Waals surface area contributed by atoms with Crippen LogP contribution in [0.3, 0.4) is 0 Å². The number of hydrogen-bond donors (Lipinski definition) is 1. The van der Waals surface area contributed by atoms with E-state index in [0.29, 0.717) is 30.4 Å². The number of anilines is 1. The van der Waals surface area contributed by atoms with Gasteiger partial charge in [-0.2, -0.15) is 0 Å². The molecule has 2 aromatic heterocycles. The van der Waals surface area contributed by atoms with Crippen LogP contribution in [-0.4, -0.2) is 35.1 Å². The molecule has 0 amide bonds. The smallest absolute Gasteiger partial charge is 0.225 e. The summed E-state index contributed by atoms with van der Waals surface area (Å²) < 4.78 is 12.9. The molecule has 0 atom stereocenters. The SMILES string of the molecule is Cc1cnc(N(C)CCN)nc1-c1ccc(F)cn1. The van der Waals surface area contributed by atoms with Gasteiger partial charge in [0.15, 0.2) is 0 Å². The minimum atomic E-state index is -0.365. The van der Waals surface area contributed by atoms with Crippen molar-refractivity contribution in [3.63, 3.8) is 0 Å². The number of aryl methyl sites for hydroxylation is 1. The molecule has 5 nitrogen and oxygen atoms in total. The Labute approximate surface area is 111 Å². The minimum absolute atomic E-state index is 0.365. The van der Waals surface area contributed by atoms with E-state index in [0.717, 1.165) is 5.56 Å². The molecule has 0 bridgehead atoms. The Morgan fingerprint density at radius 2 is 2.05 bits per heavy atom. The number of rotatable bonds is 4. The third kappa shape index (κ3) is 3.03. The van der Waals surface area contributed by atoms with E-state index in [9.17, 15) is 4.39 Å². The van der Waals surface area contributed by atoms with Gasteiger partial charge in [0.2, 0.25) is 5.95 Å². The van der Waals surface area contributed by atoms with Crippen LogP contribution in [0.1, 0.15) is 5.56 Å². The highest BCUT2D eigenvalue weighted by Gasteiger charge is 2.10. The first-order valence-electron chi connectivity index (χ1n) is 5.98. The largest absolute Gasteiger partial charge is 0.343 e. The Balaban J connectivity index is 2.39. The zero-order chi connectivity index (χ0) is 13.8. The fraction of sp³-hybridized carbons (Fsp3) is 0.308. The van der Waals surface area contributed by atoms with Gasteiger partial charge in [-0.05, 0) is 24.6 Å². The summed E-state index contributed by atoms with van der Waals surface area (Å²) in [6.07, 6.45) is 2.91. The van der Waals surface area contributed by atoms with E-state index >= 15 is 0 Å². The summed E-state index contributed by atoms with van der Waals surface area (Å²) in [6.45, 7) is 3.09. The van der Waals surface area contributed by atoms with Gasteiger partial charge in [-0.3, -0.25) is 4.98 Å². The number of halogens is 1. The Morgan fingerprint density at radius 1 is 1.26 bits per heavy atom. The third-order valence-electron chi connectivity index (χ3n) is 2.73. The summed E-state index contributed by atoms with van der Waals surface area (Å²) in [5, 5.41) is 0. The third-order valence-corrected chi connectivity index (χ3v) is 2.73. The van der Waals surface area contributed by atoms with Gasteiger partial charge in [-0.25, -0.2) is 14.4 Å². The number of nitrogens with two attached hydrogens (primary N) is 1. The molecule has 0 spiro atoms. The molecule has 0 aromatic carbocycles. The van der Waals surface area contributed by atoms with E-state index in [-0.39, 0.29) is 5.82 Å². The lowest BCUT2D eigenvalue weighted by molar-refractivity contribution is 0.621. The van der Waals surface area contributed by atoms with Crippen molar-refractivity contribution in [1.29, 1.82) is 0 Å². The van der Waals surface area contributed by atoms with Crippen LogP contribution in [0.5, 0.6) is 0 Å². The van der Waals surface area contributed by atoms with E-state index in [1.54, 1.807) is 12.3 Å². The van der Waals surface area contributed by atoms with E-state index in [1.807, 2.05) is 18.9 Å². The first kappa shape index (κ1) is 13.4. The van der Waals surface area contributed by atoms with Crippen molar-refractivity contribution in [2.75, 3.05) is 25.0 Å². The number of hydrogen-bond acceptors (Lipinski definition) is 5. The zero-order valence-electron chi connectivity index (χ0n) is 11.0. The molecule has 19 heavy (non-hydrogen) atoms. The molecule has 2 rings (SSSR count). The molecule has 0 saturated heterocycles. The van der Waals surface area contributed by atoms with Crippen LogP contribution in [0, 0.1) is 12.7 Å². The van der Waals surface area contributed by atoms with Crippen molar-refractivity contribution in [2.24, 2.45) is 5.73 Å². The van der Waals surface area contributed by atoms with Crippen molar-refractivity contribution in [1.82, 2.24) is 15.0 Å². The van der Waals surface area contributed by atoms with Gasteiger partial charge >= 0.3 is 0 Å². The van der Waals surface area contributed by atoms with E-state index in [4.69, 9.17) is 5.73 Å².